The van der Waals surface area contributed by atoms with Crippen LogP contribution in [-0.2, 0) is 0 Å². The van der Waals surface area contributed by atoms with E-state index >= 15 is 0 Å². The number of aromatic nitrogens is 1. The minimum Gasteiger partial charge on any atom is -0.399 e. The number of fused-ring (bicyclic) bond motifs is 1. The number of anilines is 2. The summed E-state index contributed by atoms with van der Waals surface area (Å²) in [6, 6.07) is 8.12. The molecule has 0 unspecified atom stereocenters. The topological polar surface area (TPSA) is 76.3 Å². The highest BCUT2D eigenvalue weighted by molar-refractivity contribution is 6.34. The number of imide groups is 1. The van der Waals surface area contributed by atoms with E-state index in [1.165, 1.54) is 6.07 Å². The highest BCUT2D eigenvalue weighted by atomic mass is 16.2. The number of carbonyl (C=O) groups is 2. The summed E-state index contributed by atoms with van der Waals surface area (Å²) in [5, 5.41) is 0. The SMILES string of the molecule is Cc1ncccc1N1C(=O)c2ccc(N)cc2C1=O. The molecular formula is C14H11N3O2. The van der Waals surface area contributed by atoms with Crippen LogP contribution in [0.2, 0.25) is 0 Å². The zero-order chi connectivity index (χ0) is 13.6. The molecule has 1 aliphatic heterocycles. The Morgan fingerprint density at radius 1 is 1.11 bits per heavy atom. The molecule has 0 fully saturated rings. The van der Waals surface area contributed by atoms with Crippen molar-refractivity contribution in [1.29, 1.82) is 0 Å². The summed E-state index contributed by atoms with van der Waals surface area (Å²) in [5.74, 6) is -0.695. The molecular weight excluding hydrogens is 242 g/mol. The molecule has 0 saturated heterocycles. The van der Waals surface area contributed by atoms with Gasteiger partial charge in [0.2, 0.25) is 0 Å². The van der Waals surface area contributed by atoms with E-state index in [-0.39, 0.29) is 11.8 Å². The molecule has 2 N–H and O–H groups in total. The van der Waals surface area contributed by atoms with Crippen LogP contribution >= 0.6 is 0 Å². The average Bonchev–Trinajstić information content (AvgIpc) is 2.63. The predicted octanol–water partition coefficient (Wildman–Crippen LogP) is 1.77. The minimum absolute atomic E-state index is 0.337. The molecule has 2 heterocycles. The first-order chi connectivity index (χ1) is 9.09. The first-order valence-electron chi connectivity index (χ1n) is 5.79. The van der Waals surface area contributed by atoms with Gasteiger partial charge in [0.05, 0.1) is 22.5 Å². The quantitative estimate of drug-likeness (QED) is 0.620. The van der Waals surface area contributed by atoms with Gasteiger partial charge >= 0.3 is 0 Å². The van der Waals surface area contributed by atoms with E-state index in [0.717, 1.165) is 4.90 Å². The number of benzene rings is 1. The first-order valence-corrected chi connectivity index (χ1v) is 5.79. The number of nitrogen functional groups attached to an aromatic ring is 1. The Kier molecular flexibility index (Phi) is 2.35. The van der Waals surface area contributed by atoms with Crippen LogP contribution in [0.15, 0.2) is 36.5 Å². The third-order valence-electron chi connectivity index (χ3n) is 3.13. The van der Waals surface area contributed by atoms with E-state index in [1.807, 2.05) is 0 Å². The summed E-state index contributed by atoms with van der Waals surface area (Å²) < 4.78 is 0. The van der Waals surface area contributed by atoms with Crippen molar-refractivity contribution in [3.63, 3.8) is 0 Å². The normalized spacial score (nSPS) is 13.8. The molecule has 94 valence electrons. The molecule has 0 aliphatic carbocycles. The summed E-state index contributed by atoms with van der Waals surface area (Å²) in [5.41, 5.74) is 7.98. The predicted molar refractivity (Wildman–Crippen MR) is 71.0 cm³/mol. The fourth-order valence-electron chi connectivity index (χ4n) is 2.19. The fraction of sp³-hybridized carbons (Fsp3) is 0.0714. The Morgan fingerprint density at radius 2 is 1.84 bits per heavy atom. The van der Waals surface area contributed by atoms with Crippen LogP contribution in [0.25, 0.3) is 0 Å². The van der Waals surface area contributed by atoms with Crippen molar-refractivity contribution in [2.24, 2.45) is 0 Å². The summed E-state index contributed by atoms with van der Waals surface area (Å²) in [6.07, 6.45) is 1.62. The van der Waals surface area contributed by atoms with E-state index < -0.39 is 0 Å². The van der Waals surface area contributed by atoms with Gasteiger partial charge in [0, 0.05) is 11.9 Å². The van der Waals surface area contributed by atoms with Gasteiger partial charge in [-0.2, -0.15) is 0 Å². The second-order valence-electron chi connectivity index (χ2n) is 4.36. The maximum absolute atomic E-state index is 12.3. The number of nitrogens with two attached hydrogens (primary N) is 1. The summed E-state index contributed by atoms with van der Waals surface area (Å²) in [6.45, 7) is 1.76. The first kappa shape index (κ1) is 11.4. The lowest BCUT2D eigenvalue weighted by molar-refractivity contribution is 0.0926. The van der Waals surface area contributed by atoms with E-state index in [9.17, 15) is 9.59 Å². The lowest BCUT2D eigenvalue weighted by atomic mass is 10.1. The van der Waals surface area contributed by atoms with Crippen LogP contribution in [0.3, 0.4) is 0 Å². The molecule has 2 amide bonds. The number of amides is 2. The van der Waals surface area contributed by atoms with Crippen molar-refractivity contribution in [1.82, 2.24) is 4.98 Å². The van der Waals surface area contributed by atoms with Gasteiger partial charge in [-0.3, -0.25) is 14.6 Å². The van der Waals surface area contributed by atoms with E-state index in [0.29, 0.717) is 28.2 Å². The van der Waals surface area contributed by atoms with Crippen LogP contribution in [0.4, 0.5) is 11.4 Å². The molecule has 1 aliphatic rings. The smallest absolute Gasteiger partial charge is 0.266 e. The molecule has 5 heteroatoms. The van der Waals surface area contributed by atoms with Gasteiger partial charge in [0.25, 0.3) is 11.8 Å². The summed E-state index contributed by atoms with van der Waals surface area (Å²) >= 11 is 0. The largest absolute Gasteiger partial charge is 0.399 e. The minimum atomic E-state index is -0.358. The number of aryl methyl sites for hydroxylation is 1. The Bertz CT molecular complexity index is 710. The molecule has 2 aromatic rings. The van der Waals surface area contributed by atoms with Crippen LogP contribution in [0.5, 0.6) is 0 Å². The van der Waals surface area contributed by atoms with Crippen LogP contribution in [0.1, 0.15) is 26.4 Å². The average molecular weight is 253 g/mol. The van der Waals surface area contributed by atoms with Crippen molar-refractivity contribution in [2.45, 2.75) is 6.92 Å². The van der Waals surface area contributed by atoms with Gasteiger partial charge in [-0.1, -0.05) is 0 Å². The van der Waals surface area contributed by atoms with Gasteiger partial charge in [0.15, 0.2) is 0 Å². The number of carbonyl (C=O) groups excluding carboxylic acids is 2. The van der Waals surface area contributed by atoms with E-state index in [2.05, 4.69) is 4.98 Å². The molecule has 19 heavy (non-hydrogen) atoms. The van der Waals surface area contributed by atoms with Gasteiger partial charge in [-0.25, -0.2) is 4.90 Å². The lowest BCUT2D eigenvalue weighted by Crippen LogP contribution is -2.30. The molecule has 0 radical (unpaired) electrons. The molecule has 5 nitrogen and oxygen atoms in total. The molecule has 1 aromatic heterocycles. The Hall–Kier alpha value is -2.69. The Labute approximate surface area is 109 Å². The van der Waals surface area contributed by atoms with Gasteiger partial charge in [0.1, 0.15) is 0 Å². The molecule has 3 rings (SSSR count). The number of hydrogen-bond donors (Lipinski definition) is 1. The maximum atomic E-state index is 12.3. The third-order valence-corrected chi connectivity index (χ3v) is 3.13. The lowest BCUT2D eigenvalue weighted by Gasteiger charge is -2.15. The molecule has 0 bridgehead atoms. The van der Waals surface area contributed by atoms with Crippen molar-refractivity contribution < 1.29 is 9.59 Å². The zero-order valence-corrected chi connectivity index (χ0v) is 10.3. The number of nitrogens with zero attached hydrogens (tertiary/aromatic N) is 2. The van der Waals surface area contributed by atoms with Crippen LogP contribution in [-0.4, -0.2) is 16.8 Å². The Morgan fingerprint density at radius 3 is 2.58 bits per heavy atom. The fourth-order valence-corrected chi connectivity index (χ4v) is 2.19. The Balaban J connectivity index is 2.16. The number of pyridine rings is 1. The van der Waals surface area contributed by atoms with Crippen molar-refractivity contribution >= 4 is 23.2 Å². The highest BCUT2D eigenvalue weighted by Crippen LogP contribution is 2.30. The number of rotatable bonds is 1. The molecule has 1 aromatic carbocycles. The maximum Gasteiger partial charge on any atom is 0.266 e. The van der Waals surface area contributed by atoms with E-state index in [1.54, 1.807) is 37.4 Å². The summed E-state index contributed by atoms with van der Waals surface area (Å²) in [4.78, 5) is 29.9. The van der Waals surface area contributed by atoms with E-state index in [4.69, 9.17) is 5.73 Å². The van der Waals surface area contributed by atoms with Crippen molar-refractivity contribution in [3.8, 4) is 0 Å². The van der Waals surface area contributed by atoms with Gasteiger partial charge in [-0.15, -0.1) is 0 Å². The van der Waals surface area contributed by atoms with Gasteiger partial charge < -0.3 is 5.73 Å². The highest BCUT2D eigenvalue weighted by Gasteiger charge is 2.37. The second kappa shape index (κ2) is 3.91. The van der Waals surface area contributed by atoms with Crippen LogP contribution < -0.4 is 10.6 Å². The van der Waals surface area contributed by atoms with Gasteiger partial charge in [-0.05, 0) is 37.3 Å². The van der Waals surface area contributed by atoms with Crippen LogP contribution in [0, 0.1) is 6.92 Å². The summed E-state index contributed by atoms with van der Waals surface area (Å²) in [7, 11) is 0. The monoisotopic (exact) mass is 253 g/mol. The zero-order valence-electron chi connectivity index (χ0n) is 10.3. The van der Waals surface area contributed by atoms with Crippen molar-refractivity contribution in [2.75, 3.05) is 10.6 Å². The standard InChI is InChI=1S/C14H11N3O2/c1-8-12(3-2-6-16-8)17-13(18)10-5-4-9(15)7-11(10)14(17)19/h2-7H,15H2,1H3. The number of hydrogen-bond acceptors (Lipinski definition) is 4. The second-order valence-corrected chi connectivity index (χ2v) is 4.36. The molecule has 0 saturated carbocycles. The molecule has 0 atom stereocenters. The third kappa shape index (κ3) is 1.59. The molecule has 0 spiro atoms. The van der Waals surface area contributed by atoms with Crippen molar-refractivity contribution in [3.05, 3.63) is 53.3 Å².